The second-order valence-electron chi connectivity index (χ2n) is 6.66. The molecule has 0 fully saturated rings. The summed E-state index contributed by atoms with van der Waals surface area (Å²) in [6, 6.07) is 16.1. The summed E-state index contributed by atoms with van der Waals surface area (Å²) < 4.78 is 0. The van der Waals surface area contributed by atoms with Crippen molar-refractivity contribution in [3.63, 3.8) is 0 Å². The molecule has 0 saturated heterocycles. The number of nitrogens with zero attached hydrogens (tertiary/aromatic N) is 1. The van der Waals surface area contributed by atoms with Gasteiger partial charge in [0.05, 0.1) is 0 Å². The Bertz CT molecular complexity index is 894. The van der Waals surface area contributed by atoms with Gasteiger partial charge in [0.1, 0.15) is 12.0 Å². The molecular formula is C23H26ClN3. The highest BCUT2D eigenvalue weighted by Crippen LogP contribution is 2.27. The van der Waals surface area contributed by atoms with Crippen molar-refractivity contribution in [3.05, 3.63) is 88.1 Å². The largest absolute Gasteiger partial charge is 0.363 e. The lowest BCUT2D eigenvalue weighted by molar-refractivity contribution is 0.590. The number of allylic oxidation sites excluding steroid dienone is 1. The van der Waals surface area contributed by atoms with Gasteiger partial charge < -0.3 is 10.6 Å². The van der Waals surface area contributed by atoms with E-state index >= 15 is 0 Å². The normalized spacial score (nSPS) is 16.6. The Kier molecular flexibility index (Phi) is 6.02. The molecule has 0 radical (unpaired) electrons. The average molecular weight is 380 g/mol. The van der Waals surface area contributed by atoms with Crippen LogP contribution in [0.4, 0.5) is 0 Å². The molecule has 3 rings (SSSR count). The van der Waals surface area contributed by atoms with Gasteiger partial charge in [-0.2, -0.15) is 0 Å². The predicted octanol–water partition coefficient (Wildman–Crippen LogP) is 5.98. The summed E-state index contributed by atoms with van der Waals surface area (Å²) in [5.74, 6) is 0.890. The minimum atomic E-state index is -0.139. The van der Waals surface area contributed by atoms with Gasteiger partial charge in [-0.3, -0.25) is 0 Å². The summed E-state index contributed by atoms with van der Waals surface area (Å²) >= 11 is 6.04. The van der Waals surface area contributed by atoms with E-state index in [1.165, 1.54) is 16.8 Å². The van der Waals surface area contributed by atoms with E-state index < -0.39 is 0 Å². The molecule has 1 aliphatic heterocycles. The highest BCUT2D eigenvalue weighted by molar-refractivity contribution is 6.30. The third-order valence-electron chi connectivity index (χ3n) is 4.85. The van der Waals surface area contributed by atoms with E-state index in [0.29, 0.717) is 0 Å². The lowest BCUT2D eigenvalue weighted by Crippen LogP contribution is -2.34. The van der Waals surface area contributed by atoms with E-state index in [-0.39, 0.29) is 6.17 Å². The summed E-state index contributed by atoms with van der Waals surface area (Å²) in [6.07, 6.45) is 1.68. The van der Waals surface area contributed by atoms with Gasteiger partial charge in [0, 0.05) is 27.6 Å². The quantitative estimate of drug-likeness (QED) is 0.670. The molecule has 4 heteroatoms. The number of aryl methyl sites for hydroxylation is 1. The number of benzene rings is 2. The van der Waals surface area contributed by atoms with Gasteiger partial charge in [-0.15, -0.1) is 0 Å². The molecule has 2 N–H and O–H groups in total. The van der Waals surface area contributed by atoms with Crippen molar-refractivity contribution in [2.24, 2.45) is 4.99 Å². The van der Waals surface area contributed by atoms with E-state index in [9.17, 15) is 0 Å². The second kappa shape index (κ2) is 8.45. The van der Waals surface area contributed by atoms with Crippen LogP contribution < -0.4 is 10.6 Å². The summed E-state index contributed by atoms with van der Waals surface area (Å²) in [5, 5.41) is 7.78. The monoisotopic (exact) mass is 379 g/mol. The Hall–Kier alpha value is -2.52. The van der Waals surface area contributed by atoms with Crippen LogP contribution in [0.3, 0.4) is 0 Å². The summed E-state index contributed by atoms with van der Waals surface area (Å²) in [7, 11) is 0. The third-order valence-corrected chi connectivity index (χ3v) is 5.10. The van der Waals surface area contributed by atoms with Gasteiger partial charge in [-0.25, -0.2) is 4.99 Å². The van der Waals surface area contributed by atoms with Crippen LogP contribution in [0.5, 0.6) is 0 Å². The van der Waals surface area contributed by atoms with Crippen molar-refractivity contribution in [1.29, 1.82) is 0 Å². The number of halogens is 1. The third kappa shape index (κ3) is 4.25. The lowest BCUT2D eigenvalue weighted by Gasteiger charge is -2.29. The number of aliphatic imine (C=N–C) groups is 1. The molecule has 3 nitrogen and oxygen atoms in total. The molecule has 0 bridgehead atoms. The number of amidine groups is 1. The smallest absolute Gasteiger partial charge is 0.146 e. The van der Waals surface area contributed by atoms with E-state index in [0.717, 1.165) is 40.5 Å². The van der Waals surface area contributed by atoms with Gasteiger partial charge in [0.15, 0.2) is 0 Å². The lowest BCUT2D eigenvalue weighted by atomic mass is 10.0. The molecule has 140 valence electrons. The van der Waals surface area contributed by atoms with E-state index in [1.54, 1.807) is 0 Å². The fourth-order valence-corrected chi connectivity index (χ4v) is 3.49. The van der Waals surface area contributed by atoms with Crippen LogP contribution >= 0.6 is 11.6 Å². The van der Waals surface area contributed by atoms with Crippen LogP contribution in [0.2, 0.25) is 5.02 Å². The number of hydrogen-bond acceptors (Lipinski definition) is 3. The van der Waals surface area contributed by atoms with Gasteiger partial charge in [-0.05, 0) is 43.0 Å². The number of nitrogens with one attached hydrogen (secondary N) is 2. The molecule has 2 aromatic rings. The van der Waals surface area contributed by atoms with Crippen molar-refractivity contribution in [2.75, 3.05) is 0 Å². The average Bonchev–Trinajstić information content (AvgIpc) is 2.68. The first-order valence-electron chi connectivity index (χ1n) is 9.37. The number of rotatable bonds is 5. The SMILES string of the molecule is C=C(NC1=NC(c2ccc(Cl)cc2)NC(CC)=C1CC)c1ccccc1C. The molecule has 1 unspecified atom stereocenters. The Morgan fingerprint density at radius 3 is 2.44 bits per heavy atom. The maximum atomic E-state index is 6.04. The minimum Gasteiger partial charge on any atom is -0.363 e. The fraction of sp³-hybridized carbons (Fsp3) is 0.261. The van der Waals surface area contributed by atoms with Crippen LogP contribution in [0.1, 0.15) is 49.5 Å². The molecule has 1 atom stereocenters. The molecule has 2 aromatic carbocycles. The maximum absolute atomic E-state index is 6.04. The zero-order valence-corrected chi connectivity index (χ0v) is 16.9. The Labute approximate surface area is 166 Å². The van der Waals surface area contributed by atoms with Crippen LogP contribution in [0.25, 0.3) is 5.70 Å². The zero-order valence-electron chi connectivity index (χ0n) is 16.1. The van der Waals surface area contributed by atoms with Gasteiger partial charge in [0.2, 0.25) is 0 Å². The Balaban J connectivity index is 1.95. The zero-order chi connectivity index (χ0) is 19.4. The van der Waals surface area contributed by atoms with Crippen LogP contribution in [-0.2, 0) is 0 Å². The van der Waals surface area contributed by atoms with Gasteiger partial charge in [-0.1, -0.05) is 68.4 Å². The predicted molar refractivity (Wildman–Crippen MR) is 116 cm³/mol. The van der Waals surface area contributed by atoms with Crippen molar-refractivity contribution in [3.8, 4) is 0 Å². The molecule has 0 saturated carbocycles. The Morgan fingerprint density at radius 2 is 1.81 bits per heavy atom. The minimum absolute atomic E-state index is 0.139. The van der Waals surface area contributed by atoms with Crippen molar-refractivity contribution in [1.82, 2.24) is 10.6 Å². The van der Waals surface area contributed by atoms with E-state index in [4.69, 9.17) is 16.6 Å². The van der Waals surface area contributed by atoms with Gasteiger partial charge in [0.25, 0.3) is 0 Å². The summed E-state index contributed by atoms with van der Waals surface area (Å²) in [5.41, 5.74) is 6.67. The van der Waals surface area contributed by atoms with Crippen molar-refractivity contribution >= 4 is 23.1 Å². The van der Waals surface area contributed by atoms with Crippen LogP contribution in [-0.4, -0.2) is 5.84 Å². The van der Waals surface area contributed by atoms with Crippen LogP contribution in [0.15, 0.2) is 71.4 Å². The first kappa shape index (κ1) is 19.2. The standard InChI is InChI=1S/C23H26ClN3/c1-5-19-21(6-2)26-22(17-11-13-18(24)14-12-17)27-23(19)25-16(4)20-10-8-7-9-15(20)3/h7-14,22,26H,4-6H2,1-3H3,(H,25,27). The first-order valence-corrected chi connectivity index (χ1v) is 9.75. The highest BCUT2D eigenvalue weighted by atomic mass is 35.5. The van der Waals surface area contributed by atoms with Gasteiger partial charge >= 0.3 is 0 Å². The molecule has 0 aliphatic carbocycles. The highest BCUT2D eigenvalue weighted by Gasteiger charge is 2.23. The van der Waals surface area contributed by atoms with Crippen LogP contribution in [0, 0.1) is 6.92 Å². The second-order valence-corrected chi connectivity index (χ2v) is 7.10. The molecule has 1 aliphatic rings. The van der Waals surface area contributed by atoms with E-state index in [1.807, 2.05) is 36.4 Å². The molecular weight excluding hydrogens is 354 g/mol. The maximum Gasteiger partial charge on any atom is 0.146 e. The molecule has 27 heavy (non-hydrogen) atoms. The number of hydrogen-bond donors (Lipinski definition) is 2. The fourth-order valence-electron chi connectivity index (χ4n) is 3.36. The molecule has 0 amide bonds. The topological polar surface area (TPSA) is 36.4 Å². The molecule has 0 aromatic heterocycles. The summed E-state index contributed by atoms with van der Waals surface area (Å²) in [4.78, 5) is 4.96. The molecule has 1 heterocycles. The molecule has 0 spiro atoms. The van der Waals surface area contributed by atoms with Crippen molar-refractivity contribution < 1.29 is 0 Å². The van der Waals surface area contributed by atoms with E-state index in [2.05, 4.69) is 50.1 Å². The van der Waals surface area contributed by atoms with Crippen molar-refractivity contribution in [2.45, 2.75) is 39.8 Å². The summed E-state index contributed by atoms with van der Waals surface area (Å²) in [6.45, 7) is 10.7. The Morgan fingerprint density at radius 1 is 1.11 bits per heavy atom. The first-order chi connectivity index (χ1) is 13.0.